The Labute approximate surface area is 111 Å². The minimum atomic E-state index is -0.730. The minimum Gasteiger partial charge on any atom is -0.396 e. The van der Waals surface area contributed by atoms with Crippen LogP contribution in [0.2, 0.25) is 0 Å². The van der Waals surface area contributed by atoms with Crippen LogP contribution in [0.15, 0.2) is 42.6 Å². The van der Waals surface area contributed by atoms with Crippen molar-refractivity contribution in [2.24, 2.45) is 0 Å². The molecule has 0 saturated carbocycles. The molecule has 0 aliphatic carbocycles. The van der Waals surface area contributed by atoms with Crippen molar-refractivity contribution in [3.8, 4) is 0 Å². The minimum absolute atomic E-state index is 0.0428. The van der Waals surface area contributed by atoms with Crippen LogP contribution < -0.4 is 11.1 Å². The van der Waals surface area contributed by atoms with Crippen molar-refractivity contribution in [3.05, 3.63) is 59.7 Å². The molecule has 2 aromatic rings. The number of aliphatic hydroxyl groups excluding tert-OH is 1. The lowest BCUT2D eigenvalue weighted by atomic mass is 10.1. The summed E-state index contributed by atoms with van der Waals surface area (Å²) in [5.41, 5.74) is 6.99. The van der Waals surface area contributed by atoms with Crippen LogP contribution in [0.1, 0.15) is 17.4 Å². The van der Waals surface area contributed by atoms with Crippen molar-refractivity contribution < 1.29 is 9.50 Å². The van der Waals surface area contributed by atoms with E-state index < -0.39 is 11.9 Å². The van der Waals surface area contributed by atoms with Gasteiger partial charge < -0.3 is 16.2 Å². The van der Waals surface area contributed by atoms with E-state index in [1.165, 1.54) is 18.2 Å². The van der Waals surface area contributed by atoms with Crippen molar-refractivity contribution in [1.82, 2.24) is 10.3 Å². The Bertz CT molecular complexity index is 533. The predicted octanol–water partition coefficient (Wildman–Crippen LogP) is 1.63. The zero-order valence-electron chi connectivity index (χ0n) is 10.4. The normalized spacial score (nSPS) is 12.3. The number of halogens is 1. The number of pyridine rings is 1. The monoisotopic (exact) mass is 261 g/mol. The van der Waals surface area contributed by atoms with Crippen LogP contribution in [-0.4, -0.2) is 16.6 Å². The largest absolute Gasteiger partial charge is 0.396 e. The molecule has 0 aliphatic heterocycles. The second kappa shape index (κ2) is 6.26. The van der Waals surface area contributed by atoms with Crippen LogP contribution in [0.3, 0.4) is 0 Å². The SMILES string of the molecule is Nc1cc(C(O)CNCc2ccccn2)ccc1F. The molecular weight excluding hydrogens is 245 g/mol. The quantitative estimate of drug-likeness (QED) is 0.715. The van der Waals surface area contributed by atoms with E-state index in [-0.39, 0.29) is 5.69 Å². The molecule has 0 spiro atoms. The Hall–Kier alpha value is -1.98. The van der Waals surface area contributed by atoms with Gasteiger partial charge in [-0.15, -0.1) is 0 Å². The van der Waals surface area contributed by atoms with Crippen molar-refractivity contribution in [3.63, 3.8) is 0 Å². The highest BCUT2D eigenvalue weighted by Crippen LogP contribution is 2.18. The zero-order valence-corrected chi connectivity index (χ0v) is 10.4. The highest BCUT2D eigenvalue weighted by atomic mass is 19.1. The van der Waals surface area contributed by atoms with Gasteiger partial charge in [-0.25, -0.2) is 4.39 Å². The van der Waals surface area contributed by atoms with Crippen LogP contribution in [-0.2, 0) is 6.54 Å². The molecule has 1 aromatic heterocycles. The molecule has 100 valence electrons. The van der Waals surface area contributed by atoms with Crippen LogP contribution in [0.25, 0.3) is 0 Å². The Morgan fingerprint density at radius 3 is 2.84 bits per heavy atom. The molecular formula is C14H16FN3O. The summed E-state index contributed by atoms with van der Waals surface area (Å²) in [4.78, 5) is 4.16. The molecule has 0 amide bonds. The summed E-state index contributed by atoms with van der Waals surface area (Å²) in [5.74, 6) is -0.475. The maximum absolute atomic E-state index is 13.0. The number of rotatable bonds is 5. The first-order valence-corrected chi connectivity index (χ1v) is 6.00. The smallest absolute Gasteiger partial charge is 0.146 e. The molecule has 2 rings (SSSR count). The summed E-state index contributed by atoms with van der Waals surface area (Å²) < 4.78 is 13.0. The molecule has 0 radical (unpaired) electrons. The van der Waals surface area contributed by atoms with Gasteiger partial charge in [-0.05, 0) is 29.8 Å². The van der Waals surface area contributed by atoms with E-state index in [9.17, 15) is 9.50 Å². The number of nitrogens with zero attached hydrogens (tertiary/aromatic N) is 1. The summed E-state index contributed by atoms with van der Waals surface area (Å²) in [7, 11) is 0. The second-order valence-electron chi connectivity index (χ2n) is 4.25. The van der Waals surface area contributed by atoms with E-state index in [0.29, 0.717) is 18.7 Å². The van der Waals surface area contributed by atoms with Crippen LogP contribution in [0.4, 0.5) is 10.1 Å². The third kappa shape index (κ3) is 3.74. The molecule has 1 atom stereocenters. The number of nitrogens with two attached hydrogens (primary N) is 1. The molecule has 0 bridgehead atoms. The van der Waals surface area contributed by atoms with Crippen molar-refractivity contribution in [2.45, 2.75) is 12.6 Å². The fourth-order valence-corrected chi connectivity index (χ4v) is 1.73. The van der Waals surface area contributed by atoms with Gasteiger partial charge >= 0.3 is 0 Å². The first kappa shape index (κ1) is 13.5. The van der Waals surface area contributed by atoms with Gasteiger partial charge in [0.25, 0.3) is 0 Å². The van der Waals surface area contributed by atoms with Crippen molar-refractivity contribution in [1.29, 1.82) is 0 Å². The molecule has 0 fully saturated rings. The number of nitrogen functional groups attached to an aromatic ring is 1. The number of aliphatic hydroxyl groups is 1. The van der Waals surface area contributed by atoms with E-state index in [1.54, 1.807) is 6.20 Å². The third-order valence-electron chi connectivity index (χ3n) is 2.77. The predicted molar refractivity (Wildman–Crippen MR) is 71.7 cm³/mol. The second-order valence-corrected chi connectivity index (χ2v) is 4.25. The average Bonchev–Trinajstić information content (AvgIpc) is 2.43. The van der Waals surface area contributed by atoms with Crippen LogP contribution in [0, 0.1) is 5.82 Å². The number of hydrogen-bond donors (Lipinski definition) is 3. The van der Waals surface area contributed by atoms with E-state index >= 15 is 0 Å². The van der Waals surface area contributed by atoms with E-state index in [1.807, 2.05) is 18.2 Å². The number of anilines is 1. The van der Waals surface area contributed by atoms with Gasteiger partial charge in [-0.3, -0.25) is 4.98 Å². The molecule has 4 nitrogen and oxygen atoms in total. The standard InChI is InChI=1S/C14H16FN3O/c15-12-5-4-10(7-13(12)16)14(19)9-17-8-11-3-1-2-6-18-11/h1-7,14,17,19H,8-9,16H2. The highest BCUT2D eigenvalue weighted by Gasteiger charge is 2.09. The molecule has 5 heteroatoms. The summed E-state index contributed by atoms with van der Waals surface area (Å²) in [5, 5.41) is 13.0. The van der Waals surface area contributed by atoms with Gasteiger partial charge in [0.15, 0.2) is 0 Å². The summed E-state index contributed by atoms with van der Waals surface area (Å²) in [6.07, 6.45) is 0.986. The first-order chi connectivity index (χ1) is 9.16. The van der Waals surface area contributed by atoms with Gasteiger partial charge in [0.1, 0.15) is 5.82 Å². The number of hydrogen-bond acceptors (Lipinski definition) is 4. The van der Waals surface area contributed by atoms with Crippen molar-refractivity contribution >= 4 is 5.69 Å². The van der Waals surface area contributed by atoms with Crippen LogP contribution >= 0.6 is 0 Å². The average molecular weight is 261 g/mol. The van der Waals surface area contributed by atoms with E-state index in [2.05, 4.69) is 10.3 Å². The Morgan fingerprint density at radius 2 is 2.16 bits per heavy atom. The Morgan fingerprint density at radius 1 is 1.32 bits per heavy atom. The molecule has 1 unspecified atom stereocenters. The molecule has 1 heterocycles. The number of aromatic nitrogens is 1. The Kier molecular flexibility index (Phi) is 4.43. The summed E-state index contributed by atoms with van der Waals surface area (Å²) >= 11 is 0. The summed E-state index contributed by atoms with van der Waals surface area (Å²) in [6, 6.07) is 9.88. The molecule has 0 aliphatic rings. The lowest BCUT2D eigenvalue weighted by Crippen LogP contribution is -2.21. The Balaban J connectivity index is 1.87. The maximum Gasteiger partial charge on any atom is 0.146 e. The molecule has 19 heavy (non-hydrogen) atoms. The lowest BCUT2D eigenvalue weighted by Gasteiger charge is -2.12. The summed E-state index contributed by atoms with van der Waals surface area (Å²) in [6.45, 7) is 0.913. The van der Waals surface area contributed by atoms with Crippen LogP contribution in [0.5, 0.6) is 0 Å². The van der Waals surface area contributed by atoms with Gasteiger partial charge in [-0.1, -0.05) is 12.1 Å². The maximum atomic E-state index is 13.0. The number of benzene rings is 1. The lowest BCUT2D eigenvalue weighted by molar-refractivity contribution is 0.174. The van der Waals surface area contributed by atoms with E-state index in [4.69, 9.17) is 5.73 Å². The molecule has 0 saturated heterocycles. The highest BCUT2D eigenvalue weighted by molar-refractivity contribution is 5.43. The molecule has 1 aromatic carbocycles. The topological polar surface area (TPSA) is 71.2 Å². The van der Waals surface area contributed by atoms with Gasteiger partial charge in [-0.2, -0.15) is 0 Å². The first-order valence-electron chi connectivity index (χ1n) is 6.00. The van der Waals surface area contributed by atoms with E-state index in [0.717, 1.165) is 5.69 Å². The zero-order chi connectivity index (χ0) is 13.7. The molecule has 4 N–H and O–H groups in total. The third-order valence-corrected chi connectivity index (χ3v) is 2.77. The fourth-order valence-electron chi connectivity index (χ4n) is 1.73. The van der Waals surface area contributed by atoms with Gasteiger partial charge in [0.05, 0.1) is 17.5 Å². The van der Waals surface area contributed by atoms with Gasteiger partial charge in [0, 0.05) is 19.3 Å². The number of nitrogens with one attached hydrogen (secondary N) is 1. The van der Waals surface area contributed by atoms with Crippen molar-refractivity contribution in [2.75, 3.05) is 12.3 Å². The fraction of sp³-hybridized carbons (Fsp3) is 0.214. The van der Waals surface area contributed by atoms with Gasteiger partial charge in [0.2, 0.25) is 0 Å².